The van der Waals surface area contributed by atoms with Crippen LogP contribution >= 0.6 is 0 Å². The molecule has 0 atom stereocenters. The highest BCUT2D eigenvalue weighted by atomic mass is 16.5. The number of ether oxygens (including phenoxy) is 3. The Morgan fingerprint density at radius 2 is 1.90 bits per heavy atom. The van der Waals surface area contributed by atoms with Crippen molar-refractivity contribution in [1.29, 1.82) is 0 Å². The van der Waals surface area contributed by atoms with Crippen LogP contribution in [0, 0.1) is 0 Å². The number of rotatable bonds is 4. The molecule has 0 fully saturated rings. The second-order valence-electron chi connectivity index (χ2n) is 4.17. The molecular weight excluding hydrogens is 274 g/mol. The molecule has 6 nitrogen and oxygen atoms in total. The van der Waals surface area contributed by atoms with Crippen molar-refractivity contribution in [2.45, 2.75) is 0 Å². The summed E-state index contributed by atoms with van der Waals surface area (Å²) in [4.78, 5) is 26.2. The molecule has 1 aromatic heterocycles. The van der Waals surface area contributed by atoms with Crippen LogP contribution in [-0.4, -0.2) is 38.3 Å². The fraction of sp³-hybridized carbons (Fsp3) is 0.200. The van der Waals surface area contributed by atoms with Crippen LogP contribution in [0.4, 0.5) is 0 Å². The van der Waals surface area contributed by atoms with Gasteiger partial charge in [0.05, 0.1) is 32.6 Å². The van der Waals surface area contributed by atoms with E-state index in [0.29, 0.717) is 22.4 Å². The Balaban J connectivity index is 2.61. The number of H-pyrrole nitrogens is 1. The first kappa shape index (κ1) is 14.6. The summed E-state index contributed by atoms with van der Waals surface area (Å²) >= 11 is 0. The number of carbonyl (C=O) groups is 2. The summed E-state index contributed by atoms with van der Waals surface area (Å²) in [6.07, 6.45) is 2.71. The van der Waals surface area contributed by atoms with Crippen molar-refractivity contribution >= 4 is 28.9 Å². The fourth-order valence-electron chi connectivity index (χ4n) is 1.99. The van der Waals surface area contributed by atoms with Gasteiger partial charge in [0.2, 0.25) is 0 Å². The van der Waals surface area contributed by atoms with Gasteiger partial charge in [0.15, 0.2) is 0 Å². The molecule has 0 saturated carbocycles. The van der Waals surface area contributed by atoms with Crippen molar-refractivity contribution in [1.82, 2.24) is 4.98 Å². The Morgan fingerprint density at radius 3 is 2.52 bits per heavy atom. The van der Waals surface area contributed by atoms with Crippen molar-refractivity contribution in [3.05, 3.63) is 35.5 Å². The van der Waals surface area contributed by atoms with Crippen LogP contribution in [0.15, 0.2) is 24.3 Å². The number of benzene rings is 1. The van der Waals surface area contributed by atoms with Gasteiger partial charge in [0.25, 0.3) is 0 Å². The third kappa shape index (κ3) is 2.89. The maximum absolute atomic E-state index is 12.0. The molecule has 21 heavy (non-hydrogen) atoms. The minimum atomic E-state index is -0.512. The molecule has 0 aliphatic heterocycles. The van der Waals surface area contributed by atoms with Gasteiger partial charge in [-0.15, -0.1) is 0 Å². The molecule has 0 radical (unpaired) electrons. The molecule has 110 valence electrons. The molecule has 0 unspecified atom stereocenters. The highest BCUT2D eigenvalue weighted by Crippen LogP contribution is 2.28. The molecule has 0 saturated heterocycles. The molecule has 0 amide bonds. The second-order valence-corrected chi connectivity index (χ2v) is 4.17. The molecule has 0 aliphatic rings. The van der Waals surface area contributed by atoms with Crippen LogP contribution in [0.3, 0.4) is 0 Å². The normalized spacial score (nSPS) is 10.8. The molecule has 1 N–H and O–H groups in total. The van der Waals surface area contributed by atoms with Gasteiger partial charge < -0.3 is 19.2 Å². The van der Waals surface area contributed by atoms with E-state index >= 15 is 0 Å². The van der Waals surface area contributed by atoms with Crippen LogP contribution in [0.25, 0.3) is 17.0 Å². The average Bonchev–Trinajstić information content (AvgIpc) is 2.88. The van der Waals surface area contributed by atoms with E-state index in [9.17, 15) is 9.59 Å². The quantitative estimate of drug-likeness (QED) is 0.689. The lowest BCUT2D eigenvalue weighted by molar-refractivity contribution is -0.134. The molecule has 0 spiro atoms. The predicted octanol–water partition coefficient (Wildman–Crippen LogP) is 2.15. The van der Waals surface area contributed by atoms with Crippen LogP contribution in [0.1, 0.15) is 16.1 Å². The minimum Gasteiger partial charge on any atom is -0.497 e. The maximum atomic E-state index is 12.0. The molecule has 6 heteroatoms. The number of methoxy groups -OCH3 is 3. The van der Waals surface area contributed by atoms with Crippen molar-refractivity contribution < 1.29 is 23.8 Å². The first-order valence-electron chi connectivity index (χ1n) is 6.14. The van der Waals surface area contributed by atoms with E-state index in [4.69, 9.17) is 9.47 Å². The largest absolute Gasteiger partial charge is 0.497 e. The summed E-state index contributed by atoms with van der Waals surface area (Å²) in [5, 5.41) is 0.658. The number of hydrogen-bond donors (Lipinski definition) is 1. The number of hydrogen-bond acceptors (Lipinski definition) is 5. The highest BCUT2D eigenvalue weighted by molar-refractivity contribution is 6.08. The zero-order valence-corrected chi connectivity index (χ0v) is 11.9. The Bertz CT molecular complexity index is 714. The van der Waals surface area contributed by atoms with Crippen molar-refractivity contribution in [3.63, 3.8) is 0 Å². The van der Waals surface area contributed by atoms with E-state index in [1.165, 1.54) is 26.4 Å². The Morgan fingerprint density at radius 1 is 1.14 bits per heavy atom. The van der Waals surface area contributed by atoms with Crippen molar-refractivity contribution in [3.8, 4) is 5.75 Å². The number of aromatic nitrogens is 1. The summed E-state index contributed by atoms with van der Waals surface area (Å²) in [5.74, 6) is -0.392. The van der Waals surface area contributed by atoms with Crippen LogP contribution < -0.4 is 4.74 Å². The molecule has 2 aromatic rings. The zero-order valence-electron chi connectivity index (χ0n) is 11.9. The Hall–Kier alpha value is -2.76. The van der Waals surface area contributed by atoms with E-state index in [0.717, 1.165) is 5.52 Å². The first-order chi connectivity index (χ1) is 10.1. The average molecular weight is 289 g/mol. The molecule has 2 rings (SSSR count). The zero-order chi connectivity index (χ0) is 15.4. The SMILES string of the molecule is COC(=O)C=Cc1[nH]c2ccc(OC)cc2c1C(=O)OC. The number of carbonyl (C=O) groups excluding carboxylic acids is 2. The van der Waals surface area contributed by atoms with E-state index < -0.39 is 11.9 Å². The lowest BCUT2D eigenvalue weighted by atomic mass is 10.1. The lowest BCUT2D eigenvalue weighted by Crippen LogP contribution is -2.02. The summed E-state index contributed by atoms with van der Waals surface area (Å²) in [6.45, 7) is 0. The Kier molecular flexibility index (Phi) is 4.27. The number of fused-ring (bicyclic) bond motifs is 1. The third-order valence-electron chi connectivity index (χ3n) is 3.01. The van der Waals surface area contributed by atoms with Gasteiger partial charge in [-0.05, 0) is 24.3 Å². The third-order valence-corrected chi connectivity index (χ3v) is 3.01. The summed E-state index contributed by atoms with van der Waals surface area (Å²) in [6, 6.07) is 5.29. The van der Waals surface area contributed by atoms with E-state index in [2.05, 4.69) is 9.72 Å². The van der Waals surface area contributed by atoms with Gasteiger partial charge in [0, 0.05) is 17.0 Å². The van der Waals surface area contributed by atoms with Gasteiger partial charge in [-0.1, -0.05) is 0 Å². The smallest absolute Gasteiger partial charge is 0.340 e. The standard InChI is InChI=1S/C15H15NO5/c1-19-9-4-5-11-10(8-9)14(15(18)21-3)12(16-11)6-7-13(17)20-2/h4-8,16H,1-3H3. The topological polar surface area (TPSA) is 77.6 Å². The van der Waals surface area contributed by atoms with Crippen molar-refractivity contribution in [2.75, 3.05) is 21.3 Å². The number of aromatic amines is 1. The van der Waals surface area contributed by atoms with E-state index in [-0.39, 0.29) is 0 Å². The van der Waals surface area contributed by atoms with Gasteiger partial charge in [-0.2, -0.15) is 0 Å². The predicted molar refractivity (Wildman–Crippen MR) is 77.2 cm³/mol. The molecule has 0 bridgehead atoms. The maximum Gasteiger partial charge on any atom is 0.340 e. The van der Waals surface area contributed by atoms with Crippen LogP contribution in [0.5, 0.6) is 5.75 Å². The first-order valence-corrected chi connectivity index (χ1v) is 6.14. The molecule has 0 aliphatic carbocycles. The molecule has 1 aromatic carbocycles. The monoisotopic (exact) mass is 289 g/mol. The van der Waals surface area contributed by atoms with Gasteiger partial charge in [-0.3, -0.25) is 0 Å². The van der Waals surface area contributed by atoms with Crippen LogP contribution in [0.2, 0.25) is 0 Å². The van der Waals surface area contributed by atoms with Gasteiger partial charge >= 0.3 is 11.9 Å². The van der Waals surface area contributed by atoms with Crippen LogP contribution in [-0.2, 0) is 14.3 Å². The molecule has 1 heterocycles. The lowest BCUT2D eigenvalue weighted by Gasteiger charge is -2.01. The summed E-state index contributed by atoms with van der Waals surface area (Å²) in [7, 11) is 4.13. The van der Waals surface area contributed by atoms with Crippen molar-refractivity contribution in [2.24, 2.45) is 0 Å². The number of nitrogens with one attached hydrogen (secondary N) is 1. The van der Waals surface area contributed by atoms with E-state index in [1.807, 2.05) is 0 Å². The minimum absolute atomic E-state index is 0.339. The van der Waals surface area contributed by atoms with Gasteiger partial charge in [-0.25, -0.2) is 9.59 Å². The fourth-order valence-corrected chi connectivity index (χ4v) is 1.99. The molecular formula is C15H15NO5. The summed E-state index contributed by atoms with van der Waals surface area (Å²) in [5.41, 5.74) is 1.54. The Labute approximate surface area is 121 Å². The second kappa shape index (κ2) is 6.13. The number of esters is 2. The van der Waals surface area contributed by atoms with E-state index in [1.54, 1.807) is 25.3 Å². The highest BCUT2D eigenvalue weighted by Gasteiger charge is 2.18. The van der Waals surface area contributed by atoms with Gasteiger partial charge in [0.1, 0.15) is 5.75 Å². The summed E-state index contributed by atoms with van der Waals surface area (Å²) < 4.78 is 14.5.